The van der Waals surface area contributed by atoms with Gasteiger partial charge in [0.05, 0.1) is 7.11 Å². The van der Waals surface area contributed by atoms with Gasteiger partial charge in [-0.2, -0.15) is 4.98 Å². The number of allylic oxidation sites excluding steroid dienone is 1. The molecule has 3 heterocycles. The van der Waals surface area contributed by atoms with Crippen LogP contribution in [-0.4, -0.2) is 32.3 Å². The van der Waals surface area contributed by atoms with Gasteiger partial charge in [0.15, 0.2) is 11.2 Å². The first-order valence-electron chi connectivity index (χ1n) is 10.9. The van der Waals surface area contributed by atoms with Gasteiger partial charge in [-0.05, 0) is 24.1 Å². The summed E-state index contributed by atoms with van der Waals surface area (Å²) in [6.45, 7) is 1.62. The molecule has 0 saturated heterocycles. The van der Waals surface area contributed by atoms with Crippen LogP contribution in [-0.2, 0) is 20.1 Å². The Morgan fingerprint density at radius 1 is 1.06 bits per heavy atom. The van der Waals surface area contributed by atoms with Crippen LogP contribution in [0.1, 0.15) is 12.0 Å². The molecule has 2 aromatic carbocycles. The van der Waals surface area contributed by atoms with Gasteiger partial charge in [-0.25, -0.2) is 4.79 Å². The fourth-order valence-corrected chi connectivity index (χ4v) is 4.31. The maximum absolute atomic E-state index is 13.4. The van der Waals surface area contributed by atoms with Gasteiger partial charge in [0.1, 0.15) is 5.75 Å². The molecule has 0 amide bonds. The van der Waals surface area contributed by atoms with Crippen molar-refractivity contribution in [3.63, 3.8) is 0 Å². The Labute approximate surface area is 190 Å². The number of benzene rings is 2. The smallest absolute Gasteiger partial charge is 0.332 e. The van der Waals surface area contributed by atoms with Crippen molar-refractivity contribution < 1.29 is 4.74 Å². The molecule has 5 rings (SSSR count). The predicted molar refractivity (Wildman–Crippen MR) is 129 cm³/mol. The molecular formula is C25H25N5O3. The largest absolute Gasteiger partial charge is 0.497 e. The summed E-state index contributed by atoms with van der Waals surface area (Å²) in [5.74, 6) is 1.41. The minimum atomic E-state index is -0.381. The van der Waals surface area contributed by atoms with E-state index in [4.69, 9.17) is 9.72 Å². The second kappa shape index (κ2) is 8.46. The van der Waals surface area contributed by atoms with E-state index in [-0.39, 0.29) is 17.8 Å². The van der Waals surface area contributed by atoms with Crippen molar-refractivity contribution in [1.82, 2.24) is 18.7 Å². The Hall–Kier alpha value is -4.07. The minimum absolute atomic E-state index is 0.191. The fraction of sp³-hybridized carbons (Fsp3) is 0.240. The first-order chi connectivity index (χ1) is 16.1. The minimum Gasteiger partial charge on any atom is -0.497 e. The summed E-state index contributed by atoms with van der Waals surface area (Å²) in [5, 5.41) is 0. The number of anilines is 2. The third-order valence-electron chi connectivity index (χ3n) is 5.98. The standard InChI is InChI=1S/C25H25N5O3/c1-27-22-21(23(31)30(25(27)32)14-7-11-18-9-4-3-5-10-18)29-16-8-15-28(24(29)26-22)19-12-6-13-20(17-19)33-2/h3-7,9-13,17H,8,14-16H2,1-2H3. The lowest BCUT2D eigenvalue weighted by Crippen LogP contribution is -2.39. The molecule has 0 spiro atoms. The number of hydrogen-bond donors (Lipinski definition) is 0. The summed E-state index contributed by atoms with van der Waals surface area (Å²) in [6.07, 6.45) is 4.60. The van der Waals surface area contributed by atoms with Crippen LogP contribution in [0.4, 0.5) is 11.6 Å². The highest BCUT2D eigenvalue weighted by Crippen LogP contribution is 2.32. The van der Waals surface area contributed by atoms with Crippen LogP contribution >= 0.6 is 0 Å². The van der Waals surface area contributed by atoms with Crippen molar-refractivity contribution in [2.45, 2.75) is 19.5 Å². The quantitative estimate of drug-likeness (QED) is 0.474. The van der Waals surface area contributed by atoms with Gasteiger partial charge in [0, 0.05) is 38.4 Å². The van der Waals surface area contributed by atoms with Gasteiger partial charge < -0.3 is 14.2 Å². The van der Waals surface area contributed by atoms with Gasteiger partial charge in [0.2, 0.25) is 5.95 Å². The van der Waals surface area contributed by atoms with Crippen molar-refractivity contribution in [3.8, 4) is 5.75 Å². The number of aryl methyl sites for hydroxylation is 2. The number of methoxy groups -OCH3 is 1. The molecule has 8 nitrogen and oxygen atoms in total. The van der Waals surface area contributed by atoms with Gasteiger partial charge >= 0.3 is 5.69 Å². The van der Waals surface area contributed by atoms with E-state index in [0.29, 0.717) is 23.7 Å². The molecule has 0 atom stereocenters. The van der Waals surface area contributed by atoms with Crippen molar-refractivity contribution in [1.29, 1.82) is 0 Å². The van der Waals surface area contributed by atoms with Crippen molar-refractivity contribution in [2.24, 2.45) is 7.05 Å². The summed E-state index contributed by atoms with van der Waals surface area (Å²) >= 11 is 0. The number of rotatable bonds is 5. The lowest BCUT2D eigenvalue weighted by Gasteiger charge is -2.29. The van der Waals surface area contributed by atoms with E-state index in [0.717, 1.165) is 30.0 Å². The van der Waals surface area contributed by atoms with E-state index in [2.05, 4.69) is 4.90 Å². The zero-order valence-electron chi connectivity index (χ0n) is 18.6. The number of aromatic nitrogens is 4. The average Bonchev–Trinajstić information content (AvgIpc) is 3.25. The molecule has 1 aliphatic rings. The summed E-state index contributed by atoms with van der Waals surface area (Å²) in [5.41, 5.74) is 2.09. The Morgan fingerprint density at radius 3 is 2.67 bits per heavy atom. The van der Waals surface area contributed by atoms with E-state index >= 15 is 0 Å². The first-order valence-corrected chi connectivity index (χ1v) is 10.9. The molecule has 2 aromatic heterocycles. The van der Waals surface area contributed by atoms with Gasteiger partial charge in [-0.1, -0.05) is 48.6 Å². The molecule has 0 radical (unpaired) electrons. The molecule has 1 aliphatic heterocycles. The molecule has 33 heavy (non-hydrogen) atoms. The van der Waals surface area contributed by atoms with Crippen molar-refractivity contribution in [2.75, 3.05) is 18.6 Å². The van der Waals surface area contributed by atoms with Crippen LogP contribution in [0.15, 0.2) is 70.3 Å². The molecule has 0 N–H and O–H groups in total. The predicted octanol–water partition coefficient (Wildman–Crippen LogP) is 3.16. The SMILES string of the molecule is COc1cccc(N2CCCn3c2nc2c3c(=O)n(CC=Cc3ccccc3)c(=O)n2C)c1. The van der Waals surface area contributed by atoms with Gasteiger partial charge in [0.25, 0.3) is 5.56 Å². The zero-order valence-corrected chi connectivity index (χ0v) is 18.6. The second-order valence-electron chi connectivity index (χ2n) is 8.01. The molecular weight excluding hydrogens is 418 g/mol. The zero-order chi connectivity index (χ0) is 22.9. The van der Waals surface area contributed by atoms with Gasteiger partial charge in [-0.3, -0.25) is 13.9 Å². The third kappa shape index (κ3) is 3.63. The van der Waals surface area contributed by atoms with Gasteiger partial charge in [-0.15, -0.1) is 0 Å². The highest BCUT2D eigenvalue weighted by Gasteiger charge is 2.27. The molecule has 0 fully saturated rings. The summed E-state index contributed by atoms with van der Waals surface area (Å²) in [6, 6.07) is 17.5. The number of nitrogens with zero attached hydrogens (tertiary/aromatic N) is 5. The average molecular weight is 444 g/mol. The number of fused-ring (bicyclic) bond motifs is 3. The Balaban J connectivity index is 1.60. The molecule has 0 aliphatic carbocycles. The van der Waals surface area contributed by atoms with Crippen LogP contribution in [0, 0.1) is 0 Å². The Bertz CT molecular complexity index is 1460. The van der Waals surface area contributed by atoms with Crippen LogP contribution in [0.3, 0.4) is 0 Å². The van der Waals surface area contributed by atoms with E-state index in [1.54, 1.807) is 14.2 Å². The van der Waals surface area contributed by atoms with Crippen LogP contribution < -0.4 is 20.9 Å². The first kappa shape index (κ1) is 20.8. The van der Waals surface area contributed by atoms with E-state index in [9.17, 15) is 9.59 Å². The fourth-order valence-electron chi connectivity index (χ4n) is 4.31. The normalized spacial score (nSPS) is 13.6. The van der Waals surface area contributed by atoms with E-state index in [1.165, 1.54) is 9.13 Å². The lowest BCUT2D eigenvalue weighted by molar-refractivity contribution is 0.415. The third-order valence-corrected chi connectivity index (χ3v) is 5.98. The van der Waals surface area contributed by atoms with Crippen molar-refractivity contribution >= 4 is 28.9 Å². The van der Waals surface area contributed by atoms with Crippen LogP contribution in [0.2, 0.25) is 0 Å². The highest BCUT2D eigenvalue weighted by atomic mass is 16.5. The molecule has 0 bridgehead atoms. The Kier molecular flexibility index (Phi) is 5.34. The van der Waals surface area contributed by atoms with Crippen LogP contribution in [0.5, 0.6) is 5.75 Å². The molecule has 0 saturated carbocycles. The number of ether oxygens (including phenoxy) is 1. The summed E-state index contributed by atoms with van der Waals surface area (Å²) in [7, 11) is 3.30. The molecule has 8 heteroatoms. The maximum atomic E-state index is 13.4. The lowest BCUT2D eigenvalue weighted by atomic mass is 10.2. The molecule has 0 unspecified atom stereocenters. The van der Waals surface area contributed by atoms with Crippen LogP contribution in [0.25, 0.3) is 17.2 Å². The monoisotopic (exact) mass is 443 g/mol. The van der Waals surface area contributed by atoms with E-state index in [1.807, 2.05) is 71.3 Å². The molecule has 4 aromatic rings. The maximum Gasteiger partial charge on any atom is 0.332 e. The topological polar surface area (TPSA) is 74.3 Å². The van der Waals surface area contributed by atoms with Crippen molar-refractivity contribution in [3.05, 3.63) is 87.1 Å². The summed E-state index contributed by atoms with van der Waals surface area (Å²) in [4.78, 5) is 33.2. The number of hydrogen-bond acceptors (Lipinski definition) is 5. The molecule has 168 valence electrons. The van der Waals surface area contributed by atoms with E-state index < -0.39 is 0 Å². The Morgan fingerprint density at radius 2 is 1.88 bits per heavy atom. The highest BCUT2D eigenvalue weighted by molar-refractivity contribution is 5.77. The summed E-state index contributed by atoms with van der Waals surface area (Å²) < 4.78 is 10.0. The number of imidazole rings is 1. The second-order valence-corrected chi connectivity index (χ2v) is 8.01.